The van der Waals surface area contributed by atoms with Crippen molar-refractivity contribution in [1.29, 1.82) is 0 Å². The van der Waals surface area contributed by atoms with Crippen molar-refractivity contribution in [2.75, 3.05) is 6.54 Å². The fourth-order valence-corrected chi connectivity index (χ4v) is 2.57. The maximum atomic E-state index is 11.5. The van der Waals surface area contributed by atoms with Crippen LogP contribution in [0.4, 0.5) is 0 Å². The molecule has 0 radical (unpaired) electrons. The van der Waals surface area contributed by atoms with E-state index >= 15 is 0 Å². The number of hydrogen-bond acceptors (Lipinski definition) is 2. The summed E-state index contributed by atoms with van der Waals surface area (Å²) in [5.41, 5.74) is 5.38. The molecule has 1 fully saturated rings. The van der Waals surface area contributed by atoms with E-state index in [2.05, 4.69) is 19.2 Å². The highest BCUT2D eigenvalue weighted by Gasteiger charge is 2.32. The Morgan fingerprint density at radius 2 is 2.20 bits per heavy atom. The van der Waals surface area contributed by atoms with E-state index in [1.807, 2.05) is 0 Å². The zero-order valence-electron chi connectivity index (χ0n) is 9.96. The molecule has 0 aliphatic heterocycles. The van der Waals surface area contributed by atoms with E-state index < -0.39 is 0 Å². The zero-order valence-corrected chi connectivity index (χ0v) is 9.96. The fraction of sp³-hybridized carbons (Fsp3) is 0.917. The summed E-state index contributed by atoms with van der Waals surface area (Å²) in [4.78, 5) is 11.5. The van der Waals surface area contributed by atoms with Crippen LogP contribution in [-0.4, -0.2) is 18.5 Å². The molecule has 3 nitrogen and oxygen atoms in total. The van der Waals surface area contributed by atoms with E-state index in [4.69, 9.17) is 5.73 Å². The minimum absolute atomic E-state index is 0.175. The third-order valence-corrected chi connectivity index (χ3v) is 3.71. The second-order valence-corrected chi connectivity index (χ2v) is 4.67. The molecular weight excluding hydrogens is 188 g/mol. The summed E-state index contributed by atoms with van der Waals surface area (Å²) in [6.45, 7) is 5.10. The summed E-state index contributed by atoms with van der Waals surface area (Å²) in [6, 6.07) is 0.403. The maximum Gasteiger partial charge on any atom is 0.220 e. The summed E-state index contributed by atoms with van der Waals surface area (Å²) >= 11 is 0. The quantitative estimate of drug-likeness (QED) is 0.728. The highest BCUT2D eigenvalue weighted by Crippen LogP contribution is 2.33. The van der Waals surface area contributed by atoms with Crippen molar-refractivity contribution in [3.8, 4) is 0 Å². The predicted octanol–water partition coefficient (Wildman–Crippen LogP) is 1.67. The first-order valence-corrected chi connectivity index (χ1v) is 6.18. The van der Waals surface area contributed by atoms with Crippen LogP contribution in [0.3, 0.4) is 0 Å². The molecule has 88 valence electrons. The van der Waals surface area contributed by atoms with Crippen LogP contribution in [0.25, 0.3) is 0 Å². The van der Waals surface area contributed by atoms with Crippen LogP contribution >= 0.6 is 0 Å². The van der Waals surface area contributed by atoms with Crippen LogP contribution in [0.2, 0.25) is 0 Å². The van der Waals surface area contributed by atoms with E-state index in [0.29, 0.717) is 24.9 Å². The lowest BCUT2D eigenvalue weighted by Crippen LogP contribution is -2.37. The van der Waals surface area contributed by atoms with Gasteiger partial charge in [0, 0.05) is 12.5 Å². The largest absolute Gasteiger partial charge is 0.353 e. The van der Waals surface area contributed by atoms with Gasteiger partial charge in [0.2, 0.25) is 5.91 Å². The molecule has 0 aromatic heterocycles. The van der Waals surface area contributed by atoms with Crippen molar-refractivity contribution in [2.45, 2.75) is 52.0 Å². The van der Waals surface area contributed by atoms with Crippen molar-refractivity contribution in [1.82, 2.24) is 5.32 Å². The van der Waals surface area contributed by atoms with Crippen LogP contribution in [0, 0.1) is 11.8 Å². The molecule has 0 bridgehead atoms. The van der Waals surface area contributed by atoms with Gasteiger partial charge >= 0.3 is 0 Å². The highest BCUT2D eigenvalue weighted by atomic mass is 16.1. The molecule has 0 heterocycles. The van der Waals surface area contributed by atoms with Gasteiger partial charge in [-0.2, -0.15) is 0 Å². The van der Waals surface area contributed by atoms with Gasteiger partial charge in [-0.25, -0.2) is 0 Å². The molecule has 0 saturated heterocycles. The minimum atomic E-state index is 0.175. The number of hydrogen-bond donors (Lipinski definition) is 2. The van der Waals surface area contributed by atoms with Gasteiger partial charge in [-0.15, -0.1) is 0 Å². The first-order valence-electron chi connectivity index (χ1n) is 6.18. The van der Waals surface area contributed by atoms with Gasteiger partial charge in [0.05, 0.1) is 0 Å². The minimum Gasteiger partial charge on any atom is -0.353 e. The molecule has 1 aliphatic carbocycles. The predicted molar refractivity (Wildman–Crippen MR) is 62.4 cm³/mol. The van der Waals surface area contributed by atoms with Crippen LogP contribution < -0.4 is 11.1 Å². The Kier molecular flexibility index (Phi) is 5.09. The Labute approximate surface area is 92.8 Å². The Hall–Kier alpha value is -0.570. The van der Waals surface area contributed by atoms with Crippen LogP contribution in [0.5, 0.6) is 0 Å². The summed E-state index contributed by atoms with van der Waals surface area (Å²) in [7, 11) is 0. The molecule has 3 unspecified atom stereocenters. The highest BCUT2D eigenvalue weighted by molar-refractivity contribution is 5.76. The normalized spacial score (nSPS) is 30.5. The molecule has 1 amide bonds. The smallest absolute Gasteiger partial charge is 0.220 e. The van der Waals surface area contributed by atoms with Crippen molar-refractivity contribution < 1.29 is 4.79 Å². The molecule has 0 spiro atoms. The van der Waals surface area contributed by atoms with E-state index in [-0.39, 0.29) is 5.91 Å². The standard InChI is InChI=1S/C12H24N2O/c1-3-10-6-7-11(9(10)2)14-12(15)5-4-8-13/h9-11H,3-8,13H2,1-2H3,(H,14,15). The molecule has 3 atom stereocenters. The van der Waals surface area contributed by atoms with Crippen LogP contribution in [0.15, 0.2) is 0 Å². The Morgan fingerprint density at radius 3 is 2.73 bits per heavy atom. The maximum absolute atomic E-state index is 11.5. The van der Waals surface area contributed by atoms with Crippen molar-refractivity contribution in [3.63, 3.8) is 0 Å². The molecule has 0 aromatic carbocycles. The SMILES string of the molecule is CCC1CCC(NC(=O)CCCN)C1C. The number of carbonyl (C=O) groups is 1. The molecule has 3 heteroatoms. The van der Waals surface area contributed by atoms with Crippen molar-refractivity contribution >= 4 is 5.91 Å². The third-order valence-electron chi connectivity index (χ3n) is 3.71. The molecular formula is C12H24N2O. The fourth-order valence-electron chi connectivity index (χ4n) is 2.57. The van der Waals surface area contributed by atoms with Crippen molar-refractivity contribution in [3.05, 3.63) is 0 Å². The van der Waals surface area contributed by atoms with Gasteiger partial charge in [-0.05, 0) is 37.6 Å². The number of rotatable bonds is 5. The first kappa shape index (κ1) is 12.5. The van der Waals surface area contributed by atoms with Gasteiger partial charge in [0.15, 0.2) is 0 Å². The average Bonchev–Trinajstić information content (AvgIpc) is 2.57. The van der Waals surface area contributed by atoms with E-state index in [1.54, 1.807) is 0 Å². The monoisotopic (exact) mass is 212 g/mol. The summed E-state index contributed by atoms with van der Waals surface area (Å²) < 4.78 is 0. The first-order chi connectivity index (χ1) is 7.19. The summed E-state index contributed by atoms with van der Waals surface area (Å²) in [6.07, 6.45) is 5.02. The van der Waals surface area contributed by atoms with Crippen LogP contribution in [-0.2, 0) is 4.79 Å². The number of carbonyl (C=O) groups excluding carboxylic acids is 1. The molecule has 0 aromatic rings. The second-order valence-electron chi connectivity index (χ2n) is 4.67. The molecule has 15 heavy (non-hydrogen) atoms. The zero-order chi connectivity index (χ0) is 11.3. The van der Waals surface area contributed by atoms with Gasteiger partial charge < -0.3 is 11.1 Å². The van der Waals surface area contributed by atoms with Gasteiger partial charge in [0.25, 0.3) is 0 Å². The molecule has 1 saturated carbocycles. The topological polar surface area (TPSA) is 55.1 Å². The lowest BCUT2D eigenvalue weighted by atomic mass is 9.93. The lowest BCUT2D eigenvalue weighted by molar-refractivity contribution is -0.122. The molecule has 1 rings (SSSR count). The molecule has 1 aliphatic rings. The van der Waals surface area contributed by atoms with Gasteiger partial charge in [-0.1, -0.05) is 20.3 Å². The Balaban J connectivity index is 2.30. The van der Waals surface area contributed by atoms with Crippen molar-refractivity contribution in [2.24, 2.45) is 17.6 Å². The van der Waals surface area contributed by atoms with Gasteiger partial charge in [-0.3, -0.25) is 4.79 Å². The Bertz CT molecular complexity index is 206. The van der Waals surface area contributed by atoms with E-state index in [0.717, 1.165) is 18.8 Å². The third kappa shape index (κ3) is 3.49. The van der Waals surface area contributed by atoms with Gasteiger partial charge in [0.1, 0.15) is 0 Å². The average molecular weight is 212 g/mol. The number of nitrogens with two attached hydrogens (primary N) is 1. The lowest BCUT2D eigenvalue weighted by Gasteiger charge is -2.20. The summed E-state index contributed by atoms with van der Waals surface area (Å²) in [5, 5.41) is 3.13. The van der Waals surface area contributed by atoms with E-state index in [9.17, 15) is 4.79 Å². The van der Waals surface area contributed by atoms with Crippen LogP contribution in [0.1, 0.15) is 46.0 Å². The van der Waals surface area contributed by atoms with E-state index in [1.165, 1.54) is 12.8 Å². The summed E-state index contributed by atoms with van der Waals surface area (Å²) in [5.74, 6) is 1.61. The second kappa shape index (κ2) is 6.11. The Morgan fingerprint density at radius 1 is 1.47 bits per heavy atom. The number of nitrogens with one attached hydrogen (secondary N) is 1. The molecule has 3 N–H and O–H groups in total. The number of amides is 1.